The van der Waals surface area contributed by atoms with Crippen LogP contribution < -0.4 is 5.32 Å². The number of nitrogens with zero attached hydrogens (tertiary/aromatic N) is 3. The molecule has 0 unspecified atom stereocenters. The Morgan fingerprint density at radius 1 is 1.07 bits per heavy atom. The third-order valence-electron chi connectivity index (χ3n) is 4.68. The van der Waals surface area contributed by atoms with E-state index in [-0.39, 0.29) is 5.91 Å². The molecule has 2 heterocycles. The number of nitrogens with one attached hydrogen (secondary N) is 1. The molecule has 4 rings (SSSR count). The Hall–Kier alpha value is -4.00. The fourth-order valence-corrected chi connectivity index (χ4v) is 3.18. The van der Waals surface area contributed by atoms with Crippen molar-refractivity contribution in [3.63, 3.8) is 0 Å². The third-order valence-corrected chi connectivity index (χ3v) is 4.68. The minimum atomic E-state index is -0.409. The molecule has 0 radical (unpaired) electrons. The van der Waals surface area contributed by atoms with Crippen molar-refractivity contribution in [1.29, 1.82) is 0 Å². The number of aromatic nitrogens is 3. The number of hydrogen-bond donors (Lipinski definition) is 1. The largest absolute Gasteiger partial charge is 0.462 e. The first-order chi connectivity index (χ1) is 14.6. The second kappa shape index (κ2) is 8.16. The molecule has 0 aliphatic rings. The number of benzene rings is 2. The van der Waals surface area contributed by atoms with Crippen molar-refractivity contribution in [2.75, 3.05) is 11.9 Å². The van der Waals surface area contributed by atoms with Gasteiger partial charge in [-0.3, -0.25) is 4.79 Å². The predicted molar refractivity (Wildman–Crippen MR) is 114 cm³/mol. The maximum atomic E-state index is 12.7. The highest BCUT2D eigenvalue weighted by Crippen LogP contribution is 2.19. The van der Waals surface area contributed by atoms with Crippen LogP contribution in [-0.2, 0) is 4.74 Å². The van der Waals surface area contributed by atoms with Gasteiger partial charge in [-0.25, -0.2) is 14.5 Å². The summed E-state index contributed by atoms with van der Waals surface area (Å²) >= 11 is 0. The molecule has 4 aromatic rings. The molecule has 7 nitrogen and oxygen atoms in total. The van der Waals surface area contributed by atoms with E-state index in [9.17, 15) is 9.59 Å². The molecule has 0 spiro atoms. The minimum Gasteiger partial charge on any atom is -0.462 e. The second-order valence-electron chi connectivity index (χ2n) is 6.67. The number of carbonyl (C=O) groups excluding carboxylic acids is 2. The van der Waals surface area contributed by atoms with Crippen LogP contribution in [0.3, 0.4) is 0 Å². The van der Waals surface area contributed by atoms with Gasteiger partial charge < -0.3 is 10.1 Å². The van der Waals surface area contributed by atoms with Crippen molar-refractivity contribution in [3.05, 3.63) is 83.8 Å². The Balaban J connectivity index is 1.57. The molecular weight excluding hydrogens is 380 g/mol. The molecule has 0 saturated carbocycles. The summed E-state index contributed by atoms with van der Waals surface area (Å²) in [6.45, 7) is 3.85. The number of carbonyl (C=O) groups is 2. The number of hydrogen-bond acceptors (Lipinski definition) is 5. The van der Waals surface area contributed by atoms with Crippen LogP contribution in [0.5, 0.6) is 0 Å². The zero-order valence-electron chi connectivity index (χ0n) is 16.6. The highest BCUT2D eigenvalue weighted by molar-refractivity contribution is 6.04. The Labute approximate surface area is 173 Å². The van der Waals surface area contributed by atoms with Gasteiger partial charge in [-0.2, -0.15) is 5.10 Å². The van der Waals surface area contributed by atoms with Crippen molar-refractivity contribution in [2.24, 2.45) is 0 Å². The van der Waals surface area contributed by atoms with Crippen LogP contribution in [-0.4, -0.2) is 33.2 Å². The minimum absolute atomic E-state index is 0.299. The molecule has 1 amide bonds. The lowest BCUT2D eigenvalue weighted by atomic mass is 10.2. The normalized spacial score (nSPS) is 10.7. The van der Waals surface area contributed by atoms with Gasteiger partial charge in [-0.1, -0.05) is 30.3 Å². The van der Waals surface area contributed by atoms with E-state index >= 15 is 0 Å². The summed E-state index contributed by atoms with van der Waals surface area (Å²) in [5, 5.41) is 8.14. The monoisotopic (exact) mass is 400 g/mol. The molecule has 0 bridgehead atoms. The van der Waals surface area contributed by atoms with Crippen LogP contribution in [0.2, 0.25) is 0 Å². The molecule has 0 fully saturated rings. The van der Waals surface area contributed by atoms with Crippen LogP contribution in [0.15, 0.2) is 66.9 Å². The Bertz CT molecular complexity index is 1250. The average molecular weight is 400 g/mol. The number of esters is 1. The predicted octanol–water partition coefficient (Wildman–Crippen LogP) is 4.16. The van der Waals surface area contributed by atoms with E-state index in [1.807, 2.05) is 42.5 Å². The van der Waals surface area contributed by atoms with Gasteiger partial charge >= 0.3 is 5.97 Å². The molecule has 0 aliphatic heterocycles. The lowest BCUT2D eigenvalue weighted by Gasteiger charge is -2.09. The summed E-state index contributed by atoms with van der Waals surface area (Å²) in [7, 11) is 0. The number of fused-ring (bicyclic) bond motifs is 1. The molecule has 1 N–H and O–H groups in total. The van der Waals surface area contributed by atoms with Crippen molar-refractivity contribution in [3.8, 4) is 5.69 Å². The second-order valence-corrected chi connectivity index (χ2v) is 6.67. The van der Waals surface area contributed by atoms with E-state index in [1.165, 1.54) is 6.20 Å². The van der Waals surface area contributed by atoms with Gasteiger partial charge in [0.1, 0.15) is 11.3 Å². The molecule has 0 aliphatic carbocycles. The SMILES string of the molecule is CCOC(=O)c1cnn(-c2cccc(NC(=O)c3ccc4ccccc4n3)c2)c1C. The van der Waals surface area contributed by atoms with Crippen molar-refractivity contribution in [2.45, 2.75) is 13.8 Å². The first-order valence-electron chi connectivity index (χ1n) is 9.56. The number of ether oxygens (including phenoxy) is 1. The smallest absolute Gasteiger partial charge is 0.341 e. The molecule has 30 heavy (non-hydrogen) atoms. The lowest BCUT2D eigenvalue weighted by molar-refractivity contribution is 0.0525. The molecule has 0 atom stereocenters. The fraction of sp³-hybridized carbons (Fsp3) is 0.130. The van der Waals surface area contributed by atoms with Gasteiger partial charge in [0, 0.05) is 11.1 Å². The lowest BCUT2D eigenvalue weighted by Crippen LogP contribution is -2.14. The summed E-state index contributed by atoms with van der Waals surface area (Å²) in [4.78, 5) is 29.1. The highest BCUT2D eigenvalue weighted by Gasteiger charge is 2.16. The summed E-state index contributed by atoms with van der Waals surface area (Å²) in [5.74, 6) is -0.713. The topological polar surface area (TPSA) is 86.1 Å². The number of para-hydroxylation sites is 1. The van der Waals surface area contributed by atoms with Crippen LogP contribution >= 0.6 is 0 Å². The molecule has 2 aromatic heterocycles. The Kier molecular flexibility index (Phi) is 5.26. The van der Waals surface area contributed by atoms with Crippen LogP contribution in [0.4, 0.5) is 5.69 Å². The molecular formula is C23H20N4O3. The number of anilines is 1. The van der Waals surface area contributed by atoms with Gasteiger partial charge in [-0.15, -0.1) is 0 Å². The number of amides is 1. The zero-order valence-corrected chi connectivity index (χ0v) is 16.6. The van der Waals surface area contributed by atoms with E-state index in [4.69, 9.17) is 4.74 Å². The Morgan fingerprint density at radius 3 is 2.73 bits per heavy atom. The molecule has 7 heteroatoms. The van der Waals surface area contributed by atoms with Crippen LogP contribution in [0, 0.1) is 6.92 Å². The Morgan fingerprint density at radius 2 is 1.90 bits per heavy atom. The first kappa shape index (κ1) is 19.3. The summed E-state index contributed by atoms with van der Waals surface area (Å²) in [6.07, 6.45) is 1.48. The van der Waals surface area contributed by atoms with E-state index in [1.54, 1.807) is 36.7 Å². The maximum Gasteiger partial charge on any atom is 0.341 e. The van der Waals surface area contributed by atoms with Gasteiger partial charge in [-0.05, 0) is 44.2 Å². The van der Waals surface area contributed by atoms with Crippen LogP contribution in [0.1, 0.15) is 33.5 Å². The molecule has 2 aromatic carbocycles. The standard InChI is InChI=1S/C23H20N4O3/c1-3-30-23(29)19-14-24-27(15(19)2)18-9-6-8-17(13-18)25-22(28)21-12-11-16-7-4-5-10-20(16)26-21/h4-14H,3H2,1-2H3,(H,25,28). The zero-order chi connectivity index (χ0) is 21.1. The van der Waals surface area contributed by atoms with Gasteiger partial charge in [0.15, 0.2) is 0 Å². The summed E-state index contributed by atoms with van der Waals surface area (Å²) in [6, 6.07) is 18.4. The molecule has 150 valence electrons. The highest BCUT2D eigenvalue weighted by atomic mass is 16.5. The maximum absolute atomic E-state index is 12.7. The van der Waals surface area contributed by atoms with Gasteiger partial charge in [0.05, 0.1) is 29.7 Å². The van der Waals surface area contributed by atoms with Crippen molar-refractivity contribution < 1.29 is 14.3 Å². The number of pyridine rings is 1. The quantitative estimate of drug-likeness (QED) is 0.509. The first-order valence-corrected chi connectivity index (χ1v) is 9.56. The van der Waals surface area contributed by atoms with Crippen molar-refractivity contribution >= 4 is 28.5 Å². The van der Waals surface area contributed by atoms with E-state index in [0.717, 1.165) is 10.9 Å². The van der Waals surface area contributed by atoms with E-state index < -0.39 is 5.97 Å². The average Bonchev–Trinajstić information content (AvgIpc) is 3.15. The van der Waals surface area contributed by atoms with Crippen LogP contribution in [0.25, 0.3) is 16.6 Å². The van der Waals surface area contributed by atoms with Gasteiger partial charge in [0.2, 0.25) is 0 Å². The van der Waals surface area contributed by atoms with Gasteiger partial charge in [0.25, 0.3) is 5.91 Å². The molecule has 0 saturated heterocycles. The number of rotatable bonds is 5. The van der Waals surface area contributed by atoms with Crippen molar-refractivity contribution in [1.82, 2.24) is 14.8 Å². The summed E-state index contributed by atoms with van der Waals surface area (Å²) < 4.78 is 6.69. The summed E-state index contributed by atoms with van der Waals surface area (Å²) in [5.41, 5.74) is 3.48. The fourth-order valence-electron chi connectivity index (χ4n) is 3.18. The van der Waals surface area contributed by atoms with E-state index in [2.05, 4.69) is 15.4 Å². The van der Waals surface area contributed by atoms with E-state index in [0.29, 0.717) is 34.9 Å². The third kappa shape index (κ3) is 3.77.